The van der Waals surface area contributed by atoms with Gasteiger partial charge >= 0.3 is 23.9 Å². The second kappa shape index (κ2) is 12.2. The monoisotopic (exact) mass is 412 g/mol. The minimum atomic E-state index is -0.713. The van der Waals surface area contributed by atoms with E-state index in [1.165, 1.54) is 20.8 Å². The van der Waals surface area contributed by atoms with Crippen LogP contribution in [0.5, 0.6) is 0 Å². The molecule has 0 saturated heterocycles. The maximum Gasteiger partial charge on any atom is 0.313 e. The van der Waals surface area contributed by atoms with E-state index in [0.29, 0.717) is 32.1 Å². The lowest BCUT2D eigenvalue weighted by atomic mass is 9.98. The first-order chi connectivity index (χ1) is 13.6. The summed E-state index contributed by atoms with van der Waals surface area (Å²) in [6.45, 7) is 7.37. The van der Waals surface area contributed by atoms with E-state index in [9.17, 15) is 19.2 Å². The molecular weight excluding hydrogens is 380 g/mol. The van der Waals surface area contributed by atoms with Gasteiger partial charge in [0.25, 0.3) is 0 Å². The third kappa shape index (κ3) is 9.58. The van der Waals surface area contributed by atoms with Crippen LogP contribution in [0, 0.1) is 5.92 Å². The fourth-order valence-corrected chi connectivity index (χ4v) is 3.18. The van der Waals surface area contributed by atoms with Crippen molar-refractivity contribution in [2.45, 2.75) is 91.1 Å². The van der Waals surface area contributed by atoms with Crippen molar-refractivity contribution in [3.63, 3.8) is 0 Å². The molecule has 0 spiro atoms. The van der Waals surface area contributed by atoms with Crippen molar-refractivity contribution >= 4 is 23.9 Å². The van der Waals surface area contributed by atoms with Crippen molar-refractivity contribution in [3.05, 3.63) is 12.2 Å². The Kier molecular flexibility index (Phi) is 10.4. The second-order valence-corrected chi connectivity index (χ2v) is 7.34. The van der Waals surface area contributed by atoms with Gasteiger partial charge in [0.05, 0.1) is 12.0 Å². The smallest absolute Gasteiger partial charge is 0.313 e. The Labute approximate surface area is 171 Å². The average molecular weight is 412 g/mol. The van der Waals surface area contributed by atoms with Crippen LogP contribution in [0.2, 0.25) is 0 Å². The Hall–Kier alpha value is -2.38. The summed E-state index contributed by atoms with van der Waals surface area (Å²) in [5, 5.41) is 0. The Balaban J connectivity index is 2.90. The molecular formula is C21H32O8. The van der Waals surface area contributed by atoms with Crippen LogP contribution in [0.25, 0.3) is 0 Å². The third-order valence-corrected chi connectivity index (χ3v) is 4.58. The van der Waals surface area contributed by atoms with Gasteiger partial charge in [0.2, 0.25) is 0 Å². The van der Waals surface area contributed by atoms with Gasteiger partial charge in [-0.05, 0) is 52.0 Å². The lowest BCUT2D eigenvalue weighted by Crippen LogP contribution is -2.39. The number of cyclic esters (lactones) is 1. The molecule has 1 aliphatic rings. The Morgan fingerprint density at radius 3 is 2.38 bits per heavy atom. The summed E-state index contributed by atoms with van der Waals surface area (Å²) in [5.41, 5.74) is 0. The molecule has 0 aromatic rings. The zero-order valence-electron chi connectivity index (χ0n) is 17.8. The normalized spacial score (nSPS) is 27.1. The Morgan fingerprint density at radius 1 is 1.14 bits per heavy atom. The molecule has 1 aliphatic heterocycles. The summed E-state index contributed by atoms with van der Waals surface area (Å²) in [7, 11) is 0. The molecule has 8 heteroatoms. The van der Waals surface area contributed by atoms with Crippen LogP contribution in [-0.4, -0.2) is 48.3 Å². The highest BCUT2D eigenvalue weighted by atomic mass is 16.6. The zero-order valence-corrected chi connectivity index (χ0v) is 17.8. The maximum atomic E-state index is 12.7. The molecule has 1 rings (SSSR count). The molecule has 164 valence electrons. The zero-order chi connectivity index (χ0) is 22.0. The number of hydrogen-bond donors (Lipinski definition) is 0. The van der Waals surface area contributed by atoms with Crippen molar-refractivity contribution in [1.29, 1.82) is 0 Å². The minimum Gasteiger partial charge on any atom is -0.463 e. The molecule has 0 N–H and O–H groups in total. The van der Waals surface area contributed by atoms with Gasteiger partial charge in [0, 0.05) is 20.8 Å². The van der Waals surface area contributed by atoms with E-state index >= 15 is 0 Å². The van der Waals surface area contributed by atoms with Gasteiger partial charge in [0.1, 0.15) is 18.3 Å². The third-order valence-electron chi connectivity index (χ3n) is 4.58. The van der Waals surface area contributed by atoms with Gasteiger partial charge in [0.15, 0.2) is 0 Å². The molecule has 0 aromatic heterocycles. The largest absolute Gasteiger partial charge is 0.463 e. The van der Waals surface area contributed by atoms with Crippen LogP contribution < -0.4 is 0 Å². The van der Waals surface area contributed by atoms with E-state index in [4.69, 9.17) is 18.9 Å². The fraction of sp³-hybridized carbons (Fsp3) is 0.714. The van der Waals surface area contributed by atoms with Crippen LogP contribution in [0.4, 0.5) is 0 Å². The highest BCUT2D eigenvalue weighted by molar-refractivity contribution is 5.74. The van der Waals surface area contributed by atoms with Crippen LogP contribution in [0.15, 0.2) is 12.2 Å². The summed E-state index contributed by atoms with van der Waals surface area (Å²) in [4.78, 5) is 46.6. The first kappa shape index (κ1) is 24.7. The van der Waals surface area contributed by atoms with Crippen LogP contribution in [-0.2, 0) is 38.1 Å². The number of rotatable bonds is 7. The molecule has 0 fully saturated rings. The molecule has 0 aliphatic carbocycles. The number of esters is 4. The topological polar surface area (TPSA) is 105 Å². The highest BCUT2D eigenvalue weighted by Crippen LogP contribution is 2.23. The SMILES string of the molecule is CC(=O)O[C@H]1CC/C=C/[C@@H](OC(C)=O)[C@@H](C)C(=O)O[C@@H]1CCC[C@H](C)OC(C)=O. The van der Waals surface area contributed by atoms with Gasteiger partial charge in [-0.1, -0.05) is 6.08 Å². The second-order valence-electron chi connectivity index (χ2n) is 7.34. The summed E-state index contributed by atoms with van der Waals surface area (Å²) in [6.07, 6.45) is 3.98. The predicted octanol–water partition coefficient (Wildman–Crippen LogP) is 2.87. The number of carbonyl (C=O) groups excluding carboxylic acids is 4. The van der Waals surface area contributed by atoms with Crippen molar-refractivity contribution in [1.82, 2.24) is 0 Å². The van der Waals surface area contributed by atoms with Crippen molar-refractivity contribution < 1.29 is 38.1 Å². The molecule has 8 nitrogen and oxygen atoms in total. The van der Waals surface area contributed by atoms with E-state index in [2.05, 4.69) is 0 Å². The van der Waals surface area contributed by atoms with E-state index in [1.54, 1.807) is 19.9 Å². The van der Waals surface area contributed by atoms with Gasteiger partial charge in [-0.2, -0.15) is 0 Å². The summed E-state index contributed by atoms with van der Waals surface area (Å²) < 4.78 is 21.4. The predicted molar refractivity (Wildman–Crippen MR) is 104 cm³/mol. The van der Waals surface area contributed by atoms with Gasteiger partial charge in [-0.15, -0.1) is 0 Å². The number of ether oxygens (including phenoxy) is 4. The first-order valence-corrected chi connectivity index (χ1v) is 9.99. The van der Waals surface area contributed by atoms with E-state index in [-0.39, 0.29) is 12.1 Å². The molecule has 0 saturated carbocycles. The summed E-state index contributed by atoms with van der Waals surface area (Å²) in [5.74, 6) is -2.51. The van der Waals surface area contributed by atoms with E-state index in [1.807, 2.05) is 6.08 Å². The summed E-state index contributed by atoms with van der Waals surface area (Å²) in [6, 6.07) is 0. The molecule has 0 unspecified atom stereocenters. The molecule has 5 atom stereocenters. The maximum absolute atomic E-state index is 12.7. The quantitative estimate of drug-likeness (QED) is 0.357. The van der Waals surface area contributed by atoms with Crippen LogP contribution in [0.3, 0.4) is 0 Å². The lowest BCUT2D eigenvalue weighted by molar-refractivity contribution is -0.174. The molecule has 1 heterocycles. The lowest BCUT2D eigenvalue weighted by Gasteiger charge is -2.30. The van der Waals surface area contributed by atoms with Crippen molar-refractivity contribution in [2.24, 2.45) is 5.92 Å². The molecule has 0 amide bonds. The first-order valence-electron chi connectivity index (χ1n) is 9.99. The van der Waals surface area contributed by atoms with E-state index in [0.717, 1.165) is 0 Å². The minimum absolute atomic E-state index is 0.259. The molecule has 0 aromatic carbocycles. The molecule has 0 radical (unpaired) electrons. The summed E-state index contributed by atoms with van der Waals surface area (Å²) >= 11 is 0. The molecule has 29 heavy (non-hydrogen) atoms. The highest BCUT2D eigenvalue weighted by Gasteiger charge is 2.33. The van der Waals surface area contributed by atoms with Crippen molar-refractivity contribution in [2.75, 3.05) is 0 Å². The molecule has 0 bridgehead atoms. The van der Waals surface area contributed by atoms with Crippen LogP contribution in [0.1, 0.15) is 66.7 Å². The number of hydrogen-bond acceptors (Lipinski definition) is 8. The van der Waals surface area contributed by atoms with E-state index < -0.39 is 42.1 Å². The average Bonchev–Trinajstić information content (AvgIpc) is 2.59. The van der Waals surface area contributed by atoms with Gasteiger partial charge < -0.3 is 18.9 Å². The van der Waals surface area contributed by atoms with Crippen LogP contribution >= 0.6 is 0 Å². The Bertz CT molecular complexity index is 612. The Morgan fingerprint density at radius 2 is 1.79 bits per heavy atom. The van der Waals surface area contributed by atoms with Gasteiger partial charge in [-0.3, -0.25) is 19.2 Å². The van der Waals surface area contributed by atoms with Crippen molar-refractivity contribution in [3.8, 4) is 0 Å². The number of carbonyl (C=O) groups is 4. The number of allylic oxidation sites excluding steroid dienone is 1. The fourth-order valence-electron chi connectivity index (χ4n) is 3.18. The standard InChI is InChI=1S/C21H32O8/c1-13(26-15(3)22)9-8-12-20-19(28-17(5)24)11-7-6-10-18(27-16(4)23)14(2)21(25)29-20/h6,10,13-14,18-20H,7-9,11-12H2,1-5H3/b10-6+/t13-,14+,18+,19-,20+/m0/s1. The van der Waals surface area contributed by atoms with Gasteiger partial charge in [-0.25, -0.2) is 0 Å².